The normalized spacial score (nSPS) is 18.6. The molecule has 0 bridgehead atoms. The van der Waals surface area contributed by atoms with Gasteiger partial charge >= 0.3 is 5.97 Å². The third-order valence-electron chi connectivity index (χ3n) is 6.43. The minimum absolute atomic E-state index is 0.100. The van der Waals surface area contributed by atoms with Crippen molar-refractivity contribution in [1.82, 2.24) is 9.88 Å². The maximum absolute atomic E-state index is 13.6. The van der Waals surface area contributed by atoms with Crippen LogP contribution >= 0.6 is 34.7 Å². The number of ether oxygens (including phenoxy) is 1. The lowest BCUT2D eigenvalue weighted by Gasteiger charge is -2.36. The van der Waals surface area contributed by atoms with Crippen molar-refractivity contribution in [1.29, 1.82) is 0 Å². The minimum atomic E-state index is -0.846. The van der Waals surface area contributed by atoms with E-state index in [2.05, 4.69) is 9.88 Å². The van der Waals surface area contributed by atoms with Crippen molar-refractivity contribution < 1.29 is 23.8 Å². The van der Waals surface area contributed by atoms with Crippen LogP contribution in [0.25, 0.3) is 10.9 Å². The number of aliphatic carboxylic acids is 1. The molecular weight excluding hydrogens is 511 g/mol. The van der Waals surface area contributed by atoms with Crippen molar-refractivity contribution in [2.75, 3.05) is 32.5 Å². The average molecular weight is 537 g/mol. The molecule has 186 valence electrons. The van der Waals surface area contributed by atoms with Crippen molar-refractivity contribution in [2.45, 2.75) is 23.5 Å². The van der Waals surface area contributed by atoms with Crippen LogP contribution in [-0.2, 0) is 4.79 Å². The van der Waals surface area contributed by atoms with E-state index in [4.69, 9.17) is 16.3 Å². The number of methoxy groups -OCH3 is 1. The second kappa shape index (κ2) is 11.7. The van der Waals surface area contributed by atoms with E-state index in [0.29, 0.717) is 58.1 Å². The van der Waals surface area contributed by atoms with E-state index in [1.165, 1.54) is 35.4 Å². The van der Waals surface area contributed by atoms with E-state index in [1.54, 1.807) is 30.7 Å². The predicted molar refractivity (Wildman–Crippen MR) is 138 cm³/mol. The Morgan fingerprint density at radius 2 is 2.20 bits per heavy atom. The number of halogens is 2. The van der Waals surface area contributed by atoms with Gasteiger partial charge in [0.15, 0.2) is 5.78 Å². The topological polar surface area (TPSA) is 79.7 Å². The number of hydrogen-bond donors (Lipinski definition) is 1. The second-order valence-corrected chi connectivity index (χ2v) is 11.2. The van der Waals surface area contributed by atoms with Crippen molar-refractivity contribution in [3.63, 3.8) is 0 Å². The summed E-state index contributed by atoms with van der Waals surface area (Å²) in [5.74, 6) is -0.524. The van der Waals surface area contributed by atoms with Crippen LogP contribution < -0.4 is 4.74 Å². The molecule has 6 nitrogen and oxygen atoms in total. The van der Waals surface area contributed by atoms with E-state index < -0.39 is 11.9 Å². The van der Waals surface area contributed by atoms with Crippen LogP contribution in [0.3, 0.4) is 0 Å². The molecule has 35 heavy (non-hydrogen) atoms. The maximum Gasteiger partial charge on any atom is 0.308 e. The number of ketones is 1. The van der Waals surface area contributed by atoms with Crippen molar-refractivity contribution in [3.8, 4) is 5.75 Å². The molecule has 2 unspecified atom stereocenters. The molecule has 1 aliphatic heterocycles. The summed E-state index contributed by atoms with van der Waals surface area (Å²) >= 11 is 9.19. The summed E-state index contributed by atoms with van der Waals surface area (Å²) in [4.78, 5) is 31.6. The van der Waals surface area contributed by atoms with Crippen molar-refractivity contribution in [2.24, 2.45) is 11.8 Å². The summed E-state index contributed by atoms with van der Waals surface area (Å²) in [7, 11) is 1.55. The molecular formula is C25H26ClFN2O4S2. The number of carbonyl (C=O) groups is 2. The highest BCUT2D eigenvalue weighted by Crippen LogP contribution is 2.33. The fourth-order valence-electron chi connectivity index (χ4n) is 4.55. The van der Waals surface area contributed by atoms with Crippen LogP contribution in [0.4, 0.5) is 4.39 Å². The van der Waals surface area contributed by atoms with Gasteiger partial charge in [-0.25, -0.2) is 4.39 Å². The van der Waals surface area contributed by atoms with Crippen LogP contribution in [0.5, 0.6) is 5.75 Å². The molecule has 0 aliphatic carbocycles. The molecule has 0 amide bonds. The van der Waals surface area contributed by atoms with Gasteiger partial charge in [-0.2, -0.15) is 0 Å². The van der Waals surface area contributed by atoms with Gasteiger partial charge in [-0.1, -0.05) is 11.6 Å². The number of fused-ring (bicyclic) bond motifs is 1. The number of Topliss-reactive ketones (excluding diaryl/α,β-unsaturated/α-hetero) is 1. The summed E-state index contributed by atoms with van der Waals surface area (Å²) in [6.45, 7) is 1.88. The Hall–Kier alpha value is -2.20. The highest BCUT2D eigenvalue weighted by molar-refractivity contribution is 8.01. The number of carboxylic acid groups (broad SMARTS) is 1. The Kier molecular flexibility index (Phi) is 8.64. The van der Waals surface area contributed by atoms with Gasteiger partial charge in [0.05, 0.1) is 27.8 Å². The van der Waals surface area contributed by atoms with Gasteiger partial charge in [-0.15, -0.1) is 23.1 Å². The first-order valence-electron chi connectivity index (χ1n) is 11.3. The maximum atomic E-state index is 13.6. The standard InChI is InChI=1S/C25H26ClFN2O4S2/c1-33-16-3-4-21-17(12-16)23(19(26)13-28-21)22(30)5-2-15-6-8-29(14-18(15)24(31)32)9-11-35-25-20(27)7-10-34-25/h3-4,7,10,12-13,15,18H,2,5-6,8-9,11,14H2,1H3,(H,31,32). The lowest BCUT2D eigenvalue weighted by Crippen LogP contribution is -2.44. The molecule has 3 heterocycles. The Morgan fingerprint density at radius 3 is 2.91 bits per heavy atom. The molecule has 2 aromatic heterocycles. The number of hydrogen-bond acceptors (Lipinski definition) is 7. The van der Waals surface area contributed by atoms with E-state index in [0.717, 1.165) is 6.54 Å². The summed E-state index contributed by atoms with van der Waals surface area (Å²) in [6.07, 6.45) is 2.85. The summed E-state index contributed by atoms with van der Waals surface area (Å²) in [5.41, 5.74) is 1.05. The van der Waals surface area contributed by atoms with E-state index in [9.17, 15) is 19.1 Å². The van der Waals surface area contributed by atoms with Crippen LogP contribution in [0.1, 0.15) is 29.6 Å². The zero-order valence-electron chi connectivity index (χ0n) is 19.2. The second-order valence-electron chi connectivity index (χ2n) is 8.52. The van der Waals surface area contributed by atoms with Gasteiger partial charge in [0.2, 0.25) is 0 Å². The van der Waals surface area contributed by atoms with Gasteiger partial charge in [0, 0.05) is 42.4 Å². The smallest absolute Gasteiger partial charge is 0.308 e. The first-order chi connectivity index (χ1) is 16.9. The van der Waals surface area contributed by atoms with Crippen molar-refractivity contribution >= 4 is 57.4 Å². The molecule has 1 aliphatic rings. The molecule has 0 spiro atoms. The van der Waals surface area contributed by atoms with E-state index in [-0.39, 0.29) is 29.0 Å². The third-order valence-corrected chi connectivity index (χ3v) is 8.89. The molecule has 1 aromatic carbocycles. The van der Waals surface area contributed by atoms with E-state index >= 15 is 0 Å². The average Bonchev–Trinajstić information content (AvgIpc) is 3.26. The van der Waals surface area contributed by atoms with Gasteiger partial charge in [0.25, 0.3) is 0 Å². The quantitative estimate of drug-likeness (QED) is 0.256. The number of thiophene rings is 1. The number of rotatable bonds is 10. The molecule has 10 heteroatoms. The summed E-state index contributed by atoms with van der Waals surface area (Å²) in [5, 5.41) is 12.5. The molecule has 4 rings (SSSR count). The number of piperidine rings is 1. The number of pyridine rings is 1. The molecule has 1 N–H and O–H groups in total. The van der Waals surface area contributed by atoms with Gasteiger partial charge in [-0.3, -0.25) is 14.6 Å². The first kappa shape index (κ1) is 25.9. The zero-order valence-corrected chi connectivity index (χ0v) is 21.6. The lowest BCUT2D eigenvalue weighted by molar-refractivity contribution is -0.146. The molecule has 1 fully saturated rings. The van der Waals surface area contributed by atoms with Gasteiger partial charge < -0.3 is 14.7 Å². The largest absolute Gasteiger partial charge is 0.497 e. The molecule has 1 saturated heterocycles. The van der Waals surface area contributed by atoms with Gasteiger partial charge in [0.1, 0.15) is 11.6 Å². The Balaban J connectivity index is 1.38. The zero-order chi connectivity index (χ0) is 24.9. The number of nitrogens with zero attached hydrogens (tertiary/aromatic N) is 2. The predicted octanol–water partition coefficient (Wildman–Crippen LogP) is 5.88. The van der Waals surface area contributed by atoms with Crippen LogP contribution in [0.15, 0.2) is 40.1 Å². The van der Waals surface area contributed by atoms with Gasteiger partial charge in [-0.05, 0) is 54.9 Å². The van der Waals surface area contributed by atoms with Crippen LogP contribution in [0.2, 0.25) is 5.02 Å². The first-order valence-corrected chi connectivity index (χ1v) is 13.6. The fraction of sp³-hybridized carbons (Fsp3) is 0.400. The monoisotopic (exact) mass is 536 g/mol. The Bertz CT molecular complexity index is 1220. The number of thioether (sulfide) groups is 1. The lowest BCUT2D eigenvalue weighted by atomic mass is 9.81. The highest BCUT2D eigenvalue weighted by Gasteiger charge is 2.34. The summed E-state index contributed by atoms with van der Waals surface area (Å²) in [6, 6.07) is 6.76. The minimum Gasteiger partial charge on any atom is -0.497 e. The Morgan fingerprint density at radius 1 is 1.37 bits per heavy atom. The number of carboxylic acids is 1. The number of carbonyl (C=O) groups excluding carboxylic acids is 1. The third kappa shape index (κ3) is 6.14. The number of likely N-dealkylation sites (tertiary alicyclic amines) is 1. The molecule has 3 aromatic rings. The Labute approximate surface area is 216 Å². The highest BCUT2D eigenvalue weighted by atomic mass is 35.5. The SMILES string of the molecule is COc1ccc2ncc(Cl)c(C(=O)CCC3CCN(CCSc4sccc4F)CC3C(=O)O)c2c1. The summed E-state index contributed by atoms with van der Waals surface area (Å²) < 4.78 is 19.6. The van der Waals surface area contributed by atoms with E-state index in [1.807, 2.05) is 0 Å². The van der Waals surface area contributed by atoms with Crippen LogP contribution in [-0.4, -0.2) is 59.2 Å². The van der Waals surface area contributed by atoms with Crippen LogP contribution in [0, 0.1) is 17.7 Å². The molecule has 0 saturated carbocycles. The number of benzene rings is 1. The fourth-order valence-corrected chi connectivity index (χ4v) is 6.72. The van der Waals surface area contributed by atoms with Crippen molar-refractivity contribution in [3.05, 3.63) is 52.2 Å². The number of aromatic nitrogens is 1. The molecule has 0 radical (unpaired) electrons. The molecule has 2 atom stereocenters.